The predicted octanol–water partition coefficient (Wildman–Crippen LogP) is 1.28. The molecule has 1 aromatic carbocycles. The third-order valence-electron chi connectivity index (χ3n) is 3.86. The van der Waals surface area contributed by atoms with E-state index in [1.54, 1.807) is 18.2 Å². The van der Waals surface area contributed by atoms with Gasteiger partial charge in [0.2, 0.25) is 15.2 Å². The smallest absolute Gasteiger partial charge is 0.316 e. The number of esters is 1. The molecule has 3 rings (SSSR count). The van der Waals surface area contributed by atoms with Crippen molar-refractivity contribution < 1.29 is 27.5 Å². The van der Waals surface area contributed by atoms with Crippen LogP contribution in [0.1, 0.15) is 5.56 Å². The standard InChI is InChI=1S/C16H18N4O6S3/c1-9-4-5-10-11(6-9)26-12(7-20(10)29(3,23)24)14(22)17-15-18-19-16(28-15)27-8-13(21)25-2/h4-6,12H,7-8H2,1-3H3,(H,17,18,22). The molecule has 1 aromatic heterocycles. The lowest BCUT2D eigenvalue weighted by Gasteiger charge is -2.33. The summed E-state index contributed by atoms with van der Waals surface area (Å²) in [6.07, 6.45) is 0.0148. The summed E-state index contributed by atoms with van der Waals surface area (Å²) < 4.78 is 36.3. The Hall–Kier alpha value is -2.38. The second-order valence-electron chi connectivity index (χ2n) is 6.10. The monoisotopic (exact) mass is 458 g/mol. The highest BCUT2D eigenvalue weighted by molar-refractivity contribution is 8.01. The molecule has 0 bridgehead atoms. The molecule has 1 atom stereocenters. The summed E-state index contributed by atoms with van der Waals surface area (Å²) in [6, 6.07) is 5.10. The SMILES string of the molecule is COC(=O)CSc1nnc(NC(=O)C2CN(S(C)(=O)=O)c3ccc(C)cc3O2)s1. The number of rotatable bonds is 6. The molecular weight excluding hydrogens is 440 g/mol. The lowest BCUT2D eigenvalue weighted by molar-refractivity contribution is -0.137. The summed E-state index contributed by atoms with van der Waals surface area (Å²) in [6.45, 7) is 1.68. The predicted molar refractivity (Wildman–Crippen MR) is 109 cm³/mol. The average Bonchev–Trinajstić information content (AvgIpc) is 3.11. The Bertz CT molecular complexity index is 1040. The molecule has 156 valence electrons. The van der Waals surface area contributed by atoms with Gasteiger partial charge >= 0.3 is 5.97 Å². The van der Waals surface area contributed by atoms with E-state index in [1.807, 2.05) is 6.92 Å². The summed E-state index contributed by atoms with van der Waals surface area (Å²) in [5, 5.41) is 10.5. The van der Waals surface area contributed by atoms with Crippen molar-refractivity contribution in [2.45, 2.75) is 17.4 Å². The van der Waals surface area contributed by atoms with E-state index < -0.39 is 28.0 Å². The summed E-state index contributed by atoms with van der Waals surface area (Å²) in [4.78, 5) is 23.8. The van der Waals surface area contributed by atoms with E-state index in [9.17, 15) is 18.0 Å². The number of aryl methyl sites for hydroxylation is 1. The molecule has 1 unspecified atom stereocenters. The Morgan fingerprint density at radius 2 is 2.17 bits per heavy atom. The molecule has 0 aliphatic carbocycles. The number of nitrogens with one attached hydrogen (secondary N) is 1. The van der Waals surface area contributed by atoms with E-state index in [4.69, 9.17) is 4.74 Å². The van der Waals surface area contributed by atoms with Gasteiger partial charge in [0, 0.05) is 0 Å². The van der Waals surface area contributed by atoms with Gasteiger partial charge in [0.1, 0.15) is 5.75 Å². The molecule has 1 amide bonds. The maximum atomic E-state index is 12.7. The number of nitrogens with zero attached hydrogens (tertiary/aromatic N) is 3. The first-order valence-corrected chi connectivity index (χ1v) is 11.9. The zero-order chi connectivity index (χ0) is 21.2. The maximum Gasteiger partial charge on any atom is 0.316 e. The van der Waals surface area contributed by atoms with E-state index in [-0.39, 0.29) is 17.4 Å². The van der Waals surface area contributed by atoms with Crippen molar-refractivity contribution in [2.24, 2.45) is 0 Å². The quantitative estimate of drug-likeness (QED) is 0.387. The summed E-state index contributed by atoms with van der Waals surface area (Å²) in [7, 11) is -2.31. The molecule has 1 aliphatic rings. The summed E-state index contributed by atoms with van der Waals surface area (Å²) in [5.41, 5.74) is 1.26. The Kier molecular flexibility index (Phi) is 6.29. The number of anilines is 2. The van der Waals surface area contributed by atoms with Crippen molar-refractivity contribution in [3.63, 3.8) is 0 Å². The third-order valence-corrected chi connectivity index (χ3v) is 6.95. The van der Waals surface area contributed by atoms with Crippen LogP contribution in [0, 0.1) is 6.92 Å². The topological polar surface area (TPSA) is 128 Å². The number of thioether (sulfide) groups is 1. The van der Waals surface area contributed by atoms with Crippen LogP contribution in [0.4, 0.5) is 10.8 Å². The fraction of sp³-hybridized carbons (Fsp3) is 0.375. The number of hydrogen-bond acceptors (Lipinski definition) is 10. The number of aromatic nitrogens is 2. The van der Waals surface area contributed by atoms with Gasteiger partial charge in [-0.1, -0.05) is 29.2 Å². The fourth-order valence-corrected chi connectivity index (χ4v) is 5.00. The maximum absolute atomic E-state index is 12.7. The minimum atomic E-state index is -3.60. The van der Waals surface area contributed by atoms with Crippen molar-refractivity contribution in [1.29, 1.82) is 0 Å². The molecule has 0 saturated carbocycles. The van der Waals surface area contributed by atoms with E-state index in [0.29, 0.717) is 15.8 Å². The number of amides is 1. The number of hydrogen-bond donors (Lipinski definition) is 1. The van der Waals surface area contributed by atoms with Gasteiger partial charge in [0.05, 0.1) is 31.4 Å². The van der Waals surface area contributed by atoms with Crippen LogP contribution >= 0.6 is 23.1 Å². The highest BCUT2D eigenvalue weighted by Crippen LogP contribution is 2.36. The lowest BCUT2D eigenvalue weighted by atomic mass is 10.1. The zero-order valence-electron chi connectivity index (χ0n) is 15.7. The van der Waals surface area contributed by atoms with E-state index >= 15 is 0 Å². The Morgan fingerprint density at radius 1 is 1.41 bits per heavy atom. The van der Waals surface area contributed by atoms with Crippen LogP contribution in [0.5, 0.6) is 5.75 Å². The number of methoxy groups -OCH3 is 1. The largest absolute Gasteiger partial charge is 0.476 e. The van der Waals surface area contributed by atoms with Crippen LogP contribution in [-0.2, 0) is 24.3 Å². The molecule has 10 nitrogen and oxygen atoms in total. The minimum absolute atomic E-state index is 0.0737. The van der Waals surface area contributed by atoms with E-state index in [0.717, 1.165) is 39.2 Å². The molecule has 1 N–H and O–H groups in total. The first-order chi connectivity index (χ1) is 13.7. The Balaban J connectivity index is 1.73. The first kappa shape index (κ1) is 21.3. The van der Waals surface area contributed by atoms with Crippen LogP contribution in [-0.4, -0.2) is 62.3 Å². The van der Waals surface area contributed by atoms with Crippen LogP contribution in [0.2, 0.25) is 0 Å². The number of carbonyl (C=O) groups is 2. The van der Waals surface area contributed by atoms with Crippen molar-refractivity contribution in [1.82, 2.24) is 10.2 Å². The number of benzene rings is 1. The van der Waals surface area contributed by atoms with Gasteiger partial charge in [0.25, 0.3) is 5.91 Å². The normalized spacial score (nSPS) is 16.0. The van der Waals surface area contributed by atoms with Crippen LogP contribution < -0.4 is 14.4 Å². The number of carbonyl (C=O) groups excluding carboxylic acids is 2. The van der Waals surface area contributed by atoms with Gasteiger partial charge in [-0.3, -0.25) is 19.2 Å². The molecule has 2 heterocycles. The summed E-state index contributed by atoms with van der Waals surface area (Å²) >= 11 is 2.22. The first-order valence-electron chi connectivity index (χ1n) is 8.26. The van der Waals surface area contributed by atoms with E-state index in [2.05, 4.69) is 20.3 Å². The third kappa shape index (κ3) is 5.16. The number of fused-ring (bicyclic) bond motifs is 1. The molecule has 0 radical (unpaired) electrons. The van der Waals surface area contributed by atoms with Gasteiger partial charge in [-0.15, -0.1) is 10.2 Å². The Morgan fingerprint density at radius 3 is 2.86 bits per heavy atom. The number of sulfonamides is 1. The van der Waals surface area contributed by atoms with Crippen LogP contribution in [0.3, 0.4) is 0 Å². The molecule has 29 heavy (non-hydrogen) atoms. The molecule has 1 aliphatic heterocycles. The van der Waals surface area contributed by atoms with Crippen LogP contribution in [0.15, 0.2) is 22.5 Å². The van der Waals surface area contributed by atoms with Crippen molar-refractivity contribution in [2.75, 3.05) is 35.3 Å². The zero-order valence-corrected chi connectivity index (χ0v) is 18.2. The lowest BCUT2D eigenvalue weighted by Crippen LogP contribution is -2.48. The highest BCUT2D eigenvalue weighted by atomic mass is 32.2. The minimum Gasteiger partial charge on any atom is -0.476 e. The average molecular weight is 459 g/mol. The number of ether oxygens (including phenoxy) is 2. The molecule has 0 saturated heterocycles. The fourth-order valence-electron chi connectivity index (χ4n) is 2.50. The van der Waals surface area contributed by atoms with Gasteiger partial charge in [-0.25, -0.2) is 8.42 Å². The summed E-state index contributed by atoms with van der Waals surface area (Å²) in [5.74, 6) is -0.564. The van der Waals surface area contributed by atoms with Crippen molar-refractivity contribution in [3.8, 4) is 5.75 Å². The molecule has 13 heteroatoms. The van der Waals surface area contributed by atoms with Crippen molar-refractivity contribution in [3.05, 3.63) is 23.8 Å². The molecule has 2 aromatic rings. The highest BCUT2D eigenvalue weighted by Gasteiger charge is 2.35. The van der Waals surface area contributed by atoms with Gasteiger partial charge in [0.15, 0.2) is 10.4 Å². The molecule has 0 spiro atoms. The second-order valence-corrected chi connectivity index (χ2v) is 10.2. The second kappa shape index (κ2) is 8.55. The van der Waals surface area contributed by atoms with Gasteiger partial charge in [-0.2, -0.15) is 0 Å². The van der Waals surface area contributed by atoms with Gasteiger partial charge in [-0.05, 0) is 24.6 Å². The van der Waals surface area contributed by atoms with Crippen molar-refractivity contribution >= 4 is 55.8 Å². The molecule has 0 fully saturated rings. The van der Waals surface area contributed by atoms with Gasteiger partial charge < -0.3 is 9.47 Å². The Labute approximate surface area is 175 Å². The van der Waals surface area contributed by atoms with E-state index in [1.165, 1.54) is 7.11 Å². The van der Waals surface area contributed by atoms with Crippen LogP contribution in [0.25, 0.3) is 0 Å². The molecular formula is C16H18N4O6S3.